The Kier molecular flexibility index (Phi) is 15.2. The molecule has 4 aromatic heterocycles. The van der Waals surface area contributed by atoms with Crippen LogP contribution in [0.2, 0.25) is 20.1 Å². The van der Waals surface area contributed by atoms with E-state index in [2.05, 4.69) is 25.3 Å². The number of benzene rings is 4. The lowest BCUT2D eigenvalue weighted by Crippen LogP contribution is -2.15. The summed E-state index contributed by atoms with van der Waals surface area (Å²) in [5.74, 6) is -3.53. The molecule has 4 aromatic carbocycles. The van der Waals surface area contributed by atoms with E-state index in [1.165, 1.54) is 0 Å². The van der Waals surface area contributed by atoms with E-state index in [-0.39, 0.29) is 23.1 Å². The van der Waals surface area contributed by atoms with Crippen LogP contribution in [0.25, 0.3) is 21.8 Å². The first-order valence-corrected chi connectivity index (χ1v) is 18.3. The molecule has 0 aliphatic rings. The number of phenolic OH excluding ortho intramolecular Hbond substituents is 2. The van der Waals surface area contributed by atoms with Gasteiger partial charge in [0.25, 0.3) is 0 Å². The first-order valence-electron chi connectivity index (χ1n) is 16.8. The fraction of sp³-hybridized carbons (Fsp3) is 0.0238. The van der Waals surface area contributed by atoms with Crippen molar-refractivity contribution in [2.45, 2.75) is 6.04 Å². The number of anilines is 2. The number of pyridine rings is 4. The number of carbonyl (C=O) groups excluding carboxylic acids is 1. The van der Waals surface area contributed by atoms with E-state index in [9.17, 15) is 32.6 Å². The Morgan fingerprint density at radius 2 is 1.17 bits per heavy atom. The van der Waals surface area contributed by atoms with Crippen molar-refractivity contribution in [1.29, 1.82) is 0 Å². The third-order valence-electron chi connectivity index (χ3n) is 7.87. The van der Waals surface area contributed by atoms with Crippen LogP contribution < -0.4 is 11.1 Å². The van der Waals surface area contributed by atoms with Crippen LogP contribution in [-0.4, -0.2) is 36.4 Å². The first kappa shape index (κ1) is 43.9. The van der Waals surface area contributed by atoms with Gasteiger partial charge in [-0.25, -0.2) is 27.5 Å². The average Bonchev–Trinajstić information content (AvgIpc) is 3.20. The van der Waals surface area contributed by atoms with Crippen molar-refractivity contribution >= 4 is 86.1 Å². The molecule has 300 valence electrons. The maximum atomic E-state index is 14.3. The highest BCUT2D eigenvalue weighted by Crippen LogP contribution is 2.38. The summed E-state index contributed by atoms with van der Waals surface area (Å²) in [5, 5.41) is 26.5. The van der Waals surface area contributed by atoms with Crippen LogP contribution in [0.1, 0.15) is 27.5 Å². The Morgan fingerprint density at radius 1 is 0.627 bits per heavy atom. The zero-order valence-corrected chi connectivity index (χ0v) is 33.0. The third-order valence-corrected chi connectivity index (χ3v) is 8.74. The summed E-state index contributed by atoms with van der Waals surface area (Å²) in [6.07, 6.45) is 5.69. The van der Waals surface area contributed by atoms with E-state index in [0.717, 1.165) is 29.2 Å². The van der Waals surface area contributed by atoms with E-state index < -0.39 is 29.3 Å². The molecule has 8 aromatic rings. The third kappa shape index (κ3) is 12.1. The summed E-state index contributed by atoms with van der Waals surface area (Å²) in [6.45, 7) is 0. The first-order chi connectivity index (χ1) is 28.2. The summed E-state index contributed by atoms with van der Waals surface area (Å²) in [6, 6.07) is 26.3. The lowest BCUT2D eigenvalue weighted by molar-refractivity contribution is 0.112. The summed E-state index contributed by atoms with van der Waals surface area (Å²) < 4.78 is 51.7. The molecule has 0 bridgehead atoms. The number of halogens is 8. The van der Waals surface area contributed by atoms with Gasteiger partial charge in [-0.05, 0) is 60.2 Å². The summed E-state index contributed by atoms with van der Waals surface area (Å²) in [4.78, 5) is 25.4. The molecule has 0 spiro atoms. The van der Waals surface area contributed by atoms with Crippen LogP contribution >= 0.6 is 46.4 Å². The van der Waals surface area contributed by atoms with Gasteiger partial charge in [0.2, 0.25) is 0 Å². The topological polar surface area (TPSA) is 147 Å². The molecule has 1 unspecified atom stereocenters. The number of nitrogens with one attached hydrogen (secondary N) is 1. The van der Waals surface area contributed by atoms with Crippen LogP contribution in [0.5, 0.6) is 11.5 Å². The minimum absolute atomic E-state index is 0.0841. The van der Waals surface area contributed by atoms with Crippen LogP contribution in [0.15, 0.2) is 128 Å². The molecule has 0 aliphatic heterocycles. The maximum Gasteiger partial charge on any atom is 0.168 e. The van der Waals surface area contributed by atoms with Crippen molar-refractivity contribution in [1.82, 2.24) is 19.9 Å². The standard InChI is InChI=1S/C21H13Cl2F2N3O.C9H7NO.C7H4Cl2O.C5H4F2N2/c22-13-6-12(7-14(23)8-13)18(28-21-17(25)9-15(24)10-27-21)16-4-3-11-2-1-5-26-19(11)20(16)29;11-8-5-1-3-7-4-2-6-10-9(7)8;8-6-1-5(4-10)2-7(9)3-6;6-3-1-4(7)5(8)9-2-3/h1-10,18,29H,(H,27,28);1-6,11H;1-4H;1-2H,(H2,8,9). The van der Waals surface area contributed by atoms with Crippen molar-refractivity contribution < 1.29 is 32.6 Å². The lowest BCUT2D eigenvalue weighted by Gasteiger charge is -2.22. The number of nitrogens with two attached hydrogens (primary N) is 1. The average molecular weight is 883 g/mol. The maximum absolute atomic E-state index is 14.3. The molecular formula is C42H28Cl4F4N6O3. The Balaban J connectivity index is 0.000000179. The summed E-state index contributed by atoms with van der Waals surface area (Å²) >= 11 is 23.5. The number of nitrogen functional groups attached to an aromatic ring is 1. The van der Waals surface area contributed by atoms with E-state index in [0.29, 0.717) is 60.2 Å². The number of carbonyl (C=O) groups is 1. The Morgan fingerprint density at radius 3 is 1.73 bits per heavy atom. The van der Waals surface area contributed by atoms with Gasteiger partial charge in [-0.1, -0.05) is 82.8 Å². The molecular weight excluding hydrogens is 854 g/mol. The minimum Gasteiger partial charge on any atom is -0.506 e. The van der Waals surface area contributed by atoms with Crippen LogP contribution in [0, 0.1) is 23.3 Å². The lowest BCUT2D eigenvalue weighted by atomic mass is 9.96. The van der Waals surface area contributed by atoms with Crippen molar-refractivity contribution in [3.63, 3.8) is 0 Å². The molecule has 59 heavy (non-hydrogen) atoms. The summed E-state index contributed by atoms with van der Waals surface area (Å²) in [7, 11) is 0. The molecule has 0 aliphatic carbocycles. The van der Waals surface area contributed by atoms with Crippen LogP contribution in [-0.2, 0) is 0 Å². The van der Waals surface area contributed by atoms with Crippen molar-refractivity contribution in [3.8, 4) is 11.5 Å². The second-order valence-corrected chi connectivity index (χ2v) is 13.8. The number of aromatic hydroxyl groups is 2. The zero-order valence-electron chi connectivity index (χ0n) is 30.0. The number of para-hydroxylation sites is 1. The van der Waals surface area contributed by atoms with Gasteiger partial charge in [0.1, 0.15) is 40.5 Å². The predicted octanol–water partition coefficient (Wildman–Crippen LogP) is 11.8. The highest BCUT2D eigenvalue weighted by Gasteiger charge is 2.23. The number of nitrogens with zero attached hydrogens (tertiary/aromatic N) is 4. The van der Waals surface area contributed by atoms with Crippen molar-refractivity contribution in [2.75, 3.05) is 11.1 Å². The number of phenols is 2. The Hall–Kier alpha value is -6.25. The quantitative estimate of drug-likeness (QED) is 0.0979. The van der Waals surface area contributed by atoms with E-state index in [1.807, 2.05) is 24.3 Å². The minimum atomic E-state index is -0.874. The highest BCUT2D eigenvalue weighted by atomic mass is 35.5. The Labute approximate surface area is 353 Å². The molecule has 0 fully saturated rings. The Bertz CT molecular complexity index is 2710. The molecule has 4 heterocycles. The summed E-state index contributed by atoms with van der Waals surface area (Å²) in [5.41, 5.74) is 7.44. The van der Waals surface area contributed by atoms with Crippen molar-refractivity contribution in [2.24, 2.45) is 0 Å². The number of hydrogen-bond donors (Lipinski definition) is 4. The van der Waals surface area contributed by atoms with Crippen LogP contribution in [0.4, 0.5) is 29.2 Å². The van der Waals surface area contributed by atoms with E-state index >= 15 is 0 Å². The van der Waals surface area contributed by atoms with Gasteiger partial charge in [-0.2, -0.15) is 0 Å². The second-order valence-electron chi connectivity index (χ2n) is 12.0. The molecule has 17 heteroatoms. The number of fused-ring (bicyclic) bond motifs is 2. The van der Waals surface area contributed by atoms with Gasteiger partial charge in [0.15, 0.2) is 23.3 Å². The van der Waals surface area contributed by atoms with Gasteiger partial charge in [0, 0.05) is 66.5 Å². The van der Waals surface area contributed by atoms with Crippen LogP contribution in [0.3, 0.4) is 0 Å². The fourth-order valence-electron chi connectivity index (χ4n) is 5.27. The number of hydrogen-bond acceptors (Lipinski definition) is 9. The molecule has 0 saturated carbocycles. The molecule has 0 radical (unpaired) electrons. The normalized spacial score (nSPS) is 10.9. The van der Waals surface area contributed by atoms with Gasteiger partial charge in [-0.3, -0.25) is 14.8 Å². The SMILES string of the molecule is Nc1ncc(F)cc1F.O=Cc1cc(Cl)cc(Cl)c1.Oc1c(C(Nc2ncc(F)cc2F)c2cc(Cl)cc(Cl)c2)ccc2cccnc12.Oc1cccc2cccnc12. The zero-order chi connectivity index (χ0) is 42.6. The largest absolute Gasteiger partial charge is 0.506 e. The molecule has 0 saturated heterocycles. The van der Waals surface area contributed by atoms with Gasteiger partial charge >= 0.3 is 0 Å². The van der Waals surface area contributed by atoms with Gasteiger partial charge < -0.3 is 21.3 Å². The van der Waals surface area contributed by atoms with E-state index in [4.69, 9.17) is 52.1 Å². The molecule has 5 N–H and O–H groups in total. The molecule has 1 atom stereocenters. The fourth-order valence-corrected chi connectivity index (χ4v) is 6.36. The second kappa shape index (κ2) is 20.4. The predicted molar refractivity (Wildman–Crippen MR) is 223 cm³/mol. The number of rotatable bonds is 5. The van der Waals surface area contributed by atoms with E-state index in [1.54, 1.807) is 79.1 Å². The van der Waals surface area contributed by atoms with Crippen molar-refractivity contribution in [3.05, 3.63) is 188 Å². The monoisotopic (exact) mass is 880 g/mol. The van der Waals surface area contributed by atoms with Gasteiger partial charge in [-0.15, -0.1) is 0 Å². The number of aromatic nitrogens is 4. The molecule has 0 amide bonds. The molecule has 9 nitrogen and oxygen atoms in total. The van der Waals surface area contributed by atoms with Gasteiger partial charge in [0.05, 0.1) is 18.4 Å². The number of aldehydes is 1. The highest BCUT2D eigenvalue weighted by molar-refractivity contribution is 6.35. The smallest absolute Gasteiger partial charge is 0.168 e. The molecule has 8 rings (SSSR count).